The van der Waals surface area contributed by atoms with Crippen LogP contribution in [-0.2, 0) is 21.0 Å². The summed E-state index contributed by atoms with van der Waals surface area (Å²) in [7, 11) is -2.17. The molecular formula is C12H12O4S. The van der Waals surface area contributed by atoms with Gasteiger partial charge in [0.05, 0.1) is 17.6 Å². The van der Waals surface area contributed by atoms with Crippen LogP contribution in [0.2, 0.25) is 0 Å². The number of allylic oxidation sites excluding steroid dienone is 2. The van der Waals surface area contributed by atoms with Gasteiger partial charge in [0.2, 0.25) is 9.84 Å². The van der Waals surface area contributed by atoms with Crippen LogP contribution in [0.5, 0.6) is 0 Å². The highest BCUT2D eigenvalue weighted by Crippen LogP contribution is 2.29. The second kappa shape index (κ2) is 4.00. The molecule has 0 saturated carbocycles. The number of carbonyl (C=O) groups excluding carboxylic acids is 1. The van der Waals surface area contributed by atoms with E-state index in [0.717, 1.165) is 0 Å². The normalized spacial score (nSPS) is 16.9. The zero-order valence-corrected chi connectivity index (χ0v) is 10.4. The molecule has 0 bridgehead atoms. The summed E-state index contributed by atoms with van der Waals surface area (Å²) in [4.78, 5) is 11.9. The minimum Gasteiger partial charge on any atom is -0.465 e. The highest BCUT2D eigenvalue weighted by molar-refractivity contribution is 7.95. The quantitative estimate of drug-likeness (QED) is 0.714. The van der Waals surface area contributed by atoms with Gasteiger partial charge in [-0.05, 0) is 31.0 Å². The van der Waals surface area contributed by atoms with Gasteiger partial charge in [0.25, 0.3) is 0 Å². The van der Waals surface area contributed by atoms with E-state index in [4.69, 9.17) is 0 Å². The fourth-order valence-electron chi connectivity index (χ4n) is 1.75. The standard InChI is InChI=1S/C12H12O4S/c1-8-3-4-9-5-6-10(12(13)16-2)7-11(9)17(8,14)15/h3,5-7H,4H2,1-2H3. The number of rotatable bonds is 1. The van der Waals surface area contributed by atoms with Gasteiger partial charge in [-0.3, -0.25) is 0 Å². The van der Waals surface area contributed by atoms with Crippen molar-refractivity contribution in [1.29, 1.82) is 0 Å². The molecule has 1 aliphatic heterocycles. The molecule has 0 unspecified atom stereocenters. The van der Waals surface area contributed by atoms with E-state index < -0.39 is 15.8 Å². The molecule has 2 rings (SSSR count). The molecule has 0 amide bonds. The molecular weight excluding hydrogens is 240 g/mol. The molecule has 17 heavy (non-hydrogen) atoms. The Labute approximate surface area is 99.8 Å². The summed E-state index contributed by atoms with van der Waals surface area (Å²) in [5.74, 6) is -0.532. The number of fused-ring (bicyclic) bond motifs is 1. The lowest BCUT2D eigenvalue weighted by Crippen LogP contribution is -2.12. The fraction of sp³-hybridized carbons (Fsp3) is 0.250. The van der Waals surface area contributed by atoms with Crippen LogP contribution in [0.3, 0.4) is 0 Å². The average molecular weight is 252 g/mol. The van der Waals surface area contributed by atoms with E-state index in [1.54, 1.807) is 25.1 Å². The van der Waals surface area contributed by atoms with Gasteiger partial charge in [-0.2, -0.15) is 0 Å². The van der Waals surface area contributed by atoms with Crippen LogP contribution < -0.4 is 0 Å². The van der Waals surface area contributed by atoms with Crippen LogP contribution in [0.4, 0.5) is 0 Å². The van der Waals surface area contributed by atoms with E-state index in [1.807, 2.05) is 0 Å². The van der Waals surface area contributed by atoms with Crippen LogP contribution in [0.15, 0.2) is 34.1 Å². The van der Waals surface area contributed by atoms with E-state index in [-0.39, 0.29) is 10.5 Å². The van der Waals surface area contributed by atoms with Gasteiger partial charge < -0.3 is 4.74 Å². The molecule has 0 spiro atoms. The molecule has 4 nitrogen and oxygen atoms in total. The second-order valence-electron chi connectivity index (χ2n) is 3.84. The molecule has 0 fully saturated rings. The van der Waals surface area contributed by atoms with E-state index in [9.17, 15) is 13.2 Å². The van der Waals surface area contributed by atoms with Crippen molar-refractivity contribution in [3.05, 3.63) is 40.3 Å². The number of hydrogen-bond donors (Lipinski definition) is 0. The third kappa shape index (κ3) is 1.86. The molecule has 0 radical (unpaired) electrons. The zero-order valence-electron chi connectivity index (χ0n) is 9.56. The lowest BCUT2D eigenvalue weighted by atomic mass is 10.1. The van der Waals surface area contributed by atoms with E-state index >= 15 is 0 Å². The molecule has 1 aromatic rings. The second-order valence-corrected chi connectivity index (χ2v) is 5.93. The number of benzene rings is 1. The Morgan fingerprint density at radius 1 is 1.35 bits per heavy atom. The monoisotopic (exact) mass is 252 g/mol. The van der Waals surface area contributed by atoms with Crippen LogP contribution in [0.25, 0.3) is 0 Å². The van der Waals surface area contributed by atoms with Crippen LogP contribution in [0, 0.1) is 0 Å². The number of methoxy groups -OCH3 is 1. The number of carbonyl (C=O) groups is 1. The molecule has 1 heterocycles. The third-order valence-corrected chi connectivity index (χ3v) is 4.78. The Morgan fingerprint density at radius 3 is 2.71 bits per heavy atom. The van der Waals surface area contributed by atoms with Crippen molar-refractivity contribution in [2.75, 3.05) is 7.11 Å². The zero-order chi connectivity index (χ0) is 12.6. The molecule has 0 N–H and O–H groups in total. The van der Waals surface area contributed by atoms with Crippen LogP contribution >= 0.6 is 0 Å². The summed E-state index contributed by atoms with van der Waals surface area (Å²) in [5, 5.41) is 0. The first kappa shape index (κ1) is 11.9. The SMILES string of the molecule is COC(=O)c1ccc2c(c1)S(=O)(=O)C(C)=CC2. The third-order valence-electron chi connectivity index (χ3n) is 2.81. The van der Waals surface area contributed by atoms with Crippen molar-refractivity contribution < 1.29 is 17.9 Å². The number of ether oxygens (including phenoxy) is 1. The van der Waals surface area contributed by atoms with Crippen molar-refractivity contribution in [2.45, 2.75) is 18.2 Å². The van der Waals surface area contributed by atoms with Crippen molar-refractivity contribution in [3.8, 4) is 0 Å². The molecule has 0 saturated heterocycles. The van der Waals surface area contributed by atoms with Gasteiger partial charge in [0, 0.05) is 4.91 Å². The van der Waals surface area contributed by atoms with Gasteiger partial charge in [0.15, 0.2) is 0 Å². The summed E-state index contributed by atoms with van der Waals surface area (Å²) in [6, 6.07) is 4.61. The minimum absolute atomic E-state index is 0.209. The predicted octanol–water partition coefficient (Wildman–Crippen LogP) is 1.71. The first-order valence-corrected chi connectivity index (χ1v) is 6.58. The number of esters is 1. The first-order chi connectivity index (χ1) is 7.96. The summed E-state index contributed by atoms with van der Waals surface area (Å²) in [6.07, 6.45) is 2.25. The lowest BCUT2D eigenvalue weighted by molar-refractivity contribution is 0.0600. The van der Waals surface area contributed by atoms with Gasteiger partial charge in [-0.15, -0.1) is 0 Å². The Kier molecular flexibility index (Phi) is 2.79. The molecule has 0 atom stereocenters. The maximum atomic E-state index is 12.0. The molecule has 5 heteroatoms. The van der Waals surface area contributed by atoms with Crippen molar-refractivity contribution in [1.82, 2.24) is 0 Å². The molecule has 1 aromatic carbocycles. The molecule has 0 aliphatic carbocycles. The maximum Gasteiger partial charge on any atom is 0.337 e. The highest BCUT2D eigenvalue weighted by Gasteiger charge is 2.25. The highest BCUT2D eigenvalue weighted by atomic mass is 32.2. The Hall–Kier alpha value is -1.62. The van der Waals surface area contributed by atoms with E-state index in [1.165, 1.54) is 13.2 Å². The molecule has 0 aromatic heterocycles. The number of hydrogen-bond acceptors (Lipinski definition) is 4. The average Bonchev–Trinajstić information content (AvgIpc) is 2.33. The van der Waals surface area contributed by atoms with E-state index in [2.05, 4.69) is 4.74 Å². The summed E-state index contributed by atoms with van der Waals surface area (Å²) >= 11 is 0. The van der Waals surface area contributed by atoms with Crippen molar-refractivity contribution >= 4 is 15.8 Å². The topological polar surface area (TPSA) is 60.4 Å². The van der Waals surface area contributed by atoms with Crippen LogP contribution in [0.1, 0.15) is 22.8 Å². The van der Waals surface area contributed by atoms with Crippen molar-refractivity contribution in [3.63, 3.8) is 0 Å². The van der Waals surface area contributed by atoms with Crippen molar-refractivity contribution in [2.24, 2.45) is 0 Å². The Balaban J connectivity index is 2.62. The van der Waals surface area contributed by atoms with Crippen LogP contribution in [-0.4, -0.2) is 21.5 Å². The summed E-state index contributed by atoms with van der Waals surface area (Å²) < 4.78 is 28.7. The lowest BCUT2D eigenvalue weighted by Gasteiger charge is -2.15. The Bertz CT molecular complexity index is 611. The minimum atomic E-state index is -3.43. The van der Waals surface area contributed by atoms with Gasteiger partial charge >= 0.3 is 5.97 Å². The van der Waals surface area contributed by atoms with Gasteiger partial charge in [0.1, 0.15) is 0 Å². The largest absolute Gasteiger partial charge is 0.465 e. The fourth-order valence-corrected chi connectivity index (χ4v) is 3.18. The number of sulfone groups is 1. The van der Waals surface area contributed by atoms with E-state index in [0.29, 0.717) is 16.9 Å². The predicted molar refractivity (Wildman–Crippen MR) is 62.4 cm³/mol. The molecule has 90 valence electrons. The Morgan fingerprint density at radius 2 is 2.06 bits per heavy atom. The van der Waals surface area contributed by atoms with Gasteiger partial charge in [-0.25, -0.2) is 13.2 Å². The van der Waals surface area contributed by atoms with Gasteiger partial charge in [-0.1, -0.05) is 12.1 Å². The molecule has 1 aliphatic rings. The summed E-state index contributed by atoms with van der Waals surface area (Å²) in [5.41, 5.74) is 0.966. The maximum absolute atomic E-state index is 12.0. The smallest absolute Gasteiger partial charge is 0.337 e. The summed E-state index contributed by atoms with van der Waals surface area (Å²) in [6.45, 7) is 1.56. The first-order valence-electron chi connectivity index (χ1n) is 5.10.